The third-order valence-corrected chi connectivity index (χ3v) is 5.06. The number of nitrogens with zero attached hydrogens (tertiary/aromatic N) is 2. The third kappa shape index (κ3) is 3.32. The maximum absolute atomic E-state index is 11.2. The third-order valence-electron chi connectivity index (χ3n) is 4.34. The van der Waals surface area contributed by atoms with E-state index >= 15 is 0 Å². The second kappa shape index (κ2) is 5.85. The Morgan fingerprint density at radius 3 is 2.76 bits per heavy atom. The summed E-state index contributed by atoms with van der Waals surface area (Å²) in [7, 11) is -3.11. The lowest BCUT2D eigenvalue weighted by Crippen LogP contribution is -2.52. The van der Waals surface area contributed by atoms with E-state index in [0.717, 1.165) is 13.1 Å². The second-order valence-corrected chi connectivity index (χ2v) is 7.78. The number of sulfonamides is 1. The van der Waals surface area contributed by atoms with Gasteiger partial charge in [-0.05, 0) is 31.4 Å². The average molecular weight is 309 g/mol. The van der Waals surface area contributed by atoms with Gasteiger partial charge in [0.1, 0.15) is 0 Å². The first-order valence-electron chi connectivity index (χ1n) is 7.60. The number of fused-ring (bicyclic) bond motifs is 3. The molecule has 2 aliphatic heterocycles. The van der Waals surface area contributed by atoms with Crippen molar-refractivity contribution in [3.63, 3.8) is 0 Å². The number of benzene rings is 1. The van der Waals surface area contributed by atoms with E-state index in [1.807, 2.05) is 0 Å². The molecule has 0 amide bonds. The Balaban J connectivity index is 1.77. The Hall–Kier alpha value is -1.27. The molecule has 1 saturated heterocycles. The maximum atomic E-state index is 11.2. The first kappa shape index (κ1) is 14.7. The van der Waals surface area contributed by atoms with Crippen molar-refractivity contribution in [1.29, 1.82) is 0 Å². The Labute approximate surface area is 127 Å². The molecule has 0 bridgehead atoms. The summed E-state index contributed by atoms with van der Waals surface area (Å²) in [4.78, 5) is 4.85. The molecule has 116 valence electrons. The Bertz CT molecular complexity index is 603. The first-order valence-corrected chi connectivity index (χ1v) is 9.49. The standard InChI is InChI=1S/C15H23N3O2S/c1-21(19,20)16-9-11-17-12-13-6-4-5-10-18(13)15-8-3-2-7-14(15)17/h2-3,7-8,13,16H,4-6,9-12H2,1H3/t13-/m0/s1. The number of piperidine rings is 1. The van der Waals surface area contributed by atoms with Gasteiger partial charge in [-0.25, -0.2) is 13.1 Å². The SMILES string of the molecule is CS(=O)(=O)NCCN1C[C@@H]2CCCCN2c2ccccc21. The molecule has 5 nitrogen and oxygen atoms in total. The van der Waals surface area contributed by atoms with Crippen molar-refractivity contribution in [3.05, 3.63) is 24.3 Å². The Morgan fingerprint density at radius 1 is 1.24 bits per heavy atom. The zero-order chi connectivity index (χ0) is 14.9. The van der Waals surface area contributed by atoms with Crippen molar-refractivity contribution in [2.45, 2.75) is 25.3 Å². The second-order valence-electron chi connectivity index (χ2n) is 5.94. The highest BCUT2D eigenvalue weighted by molar-refractivity contribution is 7.88. The molecular weight excluding hydrogens is 286 g/mol. The van der Waals surface area contributed by atoms with Crippen LogP contribution in [-0.2, 0) is 10.0 Å². The number of nitrogens with one attached hydrogen (secondary N) is 1. The van der Waals surface area contributed by atoms with Crippen LogP contribution in [0.25, 0.3) is 0 Å². The topological polar surface area (TPSA) is 52.7 Å². The van der Waals surface area contributed by atoms with Gasteiger partial charge in [0.25, 0.3) is 0 Å². The fraction of sp³-hybridized carbons (Fsp3) is 0.600. The highest BCUT2D eigenvalue weighted by Crippen LogP contribution is 2.38. The van der Waals surface area contributed by atoms with Crippen LogP contribution in [-0.4, -0.2) is 46.9 Å². The zero-order valence-electron chi connectivity index (χ0n) is 12.5. The van der Waals surface area contributed by atoms with Gasteiger partial charge in [0.05, 0.1) is 17.6 Å². The predicted octanol–water partition coefficient (Wildman–Crippen LogP) is 1.41. The lowest BCUT2D eigenvalue weighted by atomic mass is 9.97. The van der Waals surface area contributed by atoms with Crippen LogP contribution in [0.4, 0.5) is 11.4 Å². The van der Waals surface area contributed by atoms with E-state index < -0.39 is 10.0 Å². The van der Waals surface area contributed by atoms with Crippen LogP contribution in [0.2, 0.25) is 0 Å². The highest BCUT2D eigenvalue weighted by atomic mass is 32.2. The maximum Gasteiger partial charge on any atom is 0.208 e. The minimum atomic E-state index is -3.11. The summed E-state index contributed by atoms with van der Waals surface area (Å²) in [5, 5.41) is 0. The molecule has 2 aliphatic rings. The van der Waals surface area contributed by atoms with Gasteiger partial charge in [0.2, 0.25) is 10.0 Å². The number of anilines is 2. The van der Waals surface area contributed by atoms with E-state index in [4.69, 9.17) is 0 Å². The molecule has 0 spiro atoms. The molecule has 1 aromatic rings. The fourth-order valence-corrected chi connectivity index (χ4v) is 3.87. The molecule has 0 unspecified atom stereocenters. The summed E-state index contributed by atoms with van der Waals surface area (Å²) in [5.74, 6) is 0. The number of hydrogen-bond donors (Lipinski definition) is 1. The van der Waals surface area contributed by atoms with Crippen LogP contribution < -0.4 is 14.5 Å². The smallest absolute Gasteiger partial charge is 0.208 e. The molecule has 1 N–H and O–H groups in total. The largest absolute Gasteiger partial charge is 0.366 e. The zero-order valence-corrected chi connectivity index (χ0v) is 13.3. The van der Waals surface area contributed by atoms with Crippen molar-refractivity contribution in [2.24, 2.45) is 0 Å². The van der Waals surface area contributed by atoms with Crippen LogP contribution in [0.1, 0.15) is 19.3 Å². The summed E-state index contributed by atoms with van der Waals surface area (Å²) in [6, 6.07) is 9.03. The van der Waals surface area contributed by atoms with Gasteiger partial charge in [-0.1, -0.05) is 12.1 Å². The predicted molar refractivity (Wildman–Crippen MR) is 86.5 cm³/mol. The summed E-state index contributed by atoms with van der Waals surface area (Å²) in [6.45, 7) is 3.30. The number of rotatable bonds is 4. The highest BCUT2D eigenvalue weighted by Gasteiger charge is 2.31. The van der Waals surface area contributed by atoms with Crippen LogP contribution in [0.5, 0.6) is 0 Å². The quantitative estimate of drug-likeness (QED) is 0.914. The molecule has 0 aromatic heterocycles. The van der Waals surface area contributed by atoms with Gasteiger partial charge in [0, 0.05) is 32.2 Å². The van der Waals surface area contributed by atoms with Crippen LogP contribution in [0.15, 0.2) is 24.3 Å². The Morgan fingerprint density at radius 2 is 2.00 bits per heavy atom. The Kier molecular flexibility index (Phi) is 4.08. The van der Waals surface area contributed by atoms with E-state index in [2.05, 4.69) is 38.8 Å². The molecule has 0 radical (unpaired) electrons. The molecule has 1 atom stereocenters. The van der Waals surface area contributed by atoms with Gasteiger partial charge >= 0.3 is 0 Å². The minimum absolute atomic E-state index is 0.458. The minimum Gasteiger partial charge on any atom is -0.366 e. The van der Waals surface area contributed by atoms with Gasteiger partial charge < -0.3 is 9.80 Å². The summed E-state index contributed by atoms with van der Waals surface area (Å²) in [5.41, 5.74) is 2.53. The van der Waals surface area contributed by atoms with E-state index in [-0.39, 0.29) is 0 Å². The molecular formula is C15H23N3O2S. The van der Waals surface area contributed by atoms with Gasteiger partial charge in [-0.2, -0.15) is 0 Å². The van der Waals surface area contributed by atoms with Crippen LogP contribution in [0, 0.1) is 0 Å². The van der Waals surface area contributed by atoms with E-state index in [0.29, 0.717) is 19.1 Å². The summed E-state index contributed by atoms with van der Waals surface area (Å²) in [6.07, 6.45) is 4.99. The van der Waals surface area contributed by atoms with Crippen molar-refractivity contribution < 1.29 is 8.42 Å². The summed E-state index contributed by atoms with van der Waals surface area (Å²) < 4.78 is 25.0. The number of para-hydroxylation sites is 2. The fourth-order valence-electron chi connectivity index (χ4n) is 3.41. The molecule has 21 heavy (non-hydrogen) atoms. The van der Waals surface area contributed by atoms with Gasteiger partial charge in [-0.15, -0.1) is 0 Å². The first-order chi connectivity index (χ1) is 10.0. The van der Waals surface area contributed by atoms with E-state index in [1.165, 1.54) is 36.9 Å². The molecule has 1 aromatic carbocycles. The van der Waals surface area contributed by atoms with E-state index in [9.17, 15) is 8.42 Å². The van der Waals surface area contributed by atoms with Crippen molar-refractivity contribution in [1.82, 2.24) is 4.72 Å². The molecule has 3 rings (SSSR count). The van der Waals surface area contributed by atoms with Gasteiger partial charge in [0.15, 0.2) is 0 Å². The summed E-state index contributed by atoms with van der Waals surface area (Å²) >= 11 is 0. The molecule has 6 heteroatoms. The lowest BCUT2D eigenvalue weighted by molar-refractivity contribution is 0.443. The van der Waals surface area contributed by atoms with E-state index in [1.54, 1.807) is 0 Å². The van der Waals surface area contributed by atoms with Crippen LogP contribution in [0.3, 0.4) is 0 Å². The van der Waals surface area contributed by atoms with Crippen molar-refractivity contribution in [2.75, 3.05) is 42.2 Å². The molecule has 0 saturated carbocycles. The average Bonchev–Trinajstić information content (AvgIpc) is 2.46. The monoisotopic (exact) mass is 309 g/mol. The van der Waals surface area contributed by atoms with Crippen molar-refractivity contribution >= 4 is 21.4 Å². The van der Waals surface area contributed by atoms with Crippen LogP contribution >= 0.6 is 0 Å². The molecule has 1 fully saturated rings. The number of hydrogen-bond acceptors (Lipinski definition) is 4. The molecule has 2 heterocycles. The lowest BCUT2D eigenvalue weighted by Gasteiger charge is -2.47. The van der Waals surface area contributed by atoms with Crippen molar-refractivity contribution in [3.8, 4) is 0 Å². The normalized spacial score (nSPS) is 21.9. The molecule has 0 aliphatic carbocycles. The van der Waals surface area contributed by atoms with Gasteiger partial charge in [-0.3, -0.25) is 0 Å².